The van der Waals surface area contributed by atoms with Crippen molar-refractivity contribution in [2.24, 2.45) is 5.18 Å². The Labute approximate surface area is 149 Å². The van der Waals surface area contributed by atoms with Crippen molar-refractivity contribution in [3.8, 4) is 0 Å². The summed E-state index contributed by atoms with van der Waals surface area (Å²) >= 11 is 0. The molecule has 1 atom stereocenters. The molecule has 0 aromatic heterocycles. The highest BCUT2D eigenvalue weighted by molar-refractivity contribution is 5.83. The van der Waals surface area contributed by atoms with E-state index in [2.05, 4.69) is 24.3 Å². The van der Waals surface area contributed by atoms with E-state index in [1.165, 1.54) is 70.6 Å². The summed E-state index contributed by atoms with van der Waals surface area (Å²) in [5.41, 5.74) is 0. The number of allylic oxidation sites excluding steroid dienone is 2. The molecule has 0 rings (SSSR count). The Hall–Kier alpha value is -0.990. The zero-order valence-corrected chi connectivity index (χ0v) is 16.1. The van der Waals surface area contributed by atoms with Crippen LogP contribution in [0.4, 0.5) is 0 Å². The molecule has 0 spiro atoms. The van der Waals surface area contributed by atoms with E-state index in [0.717, 1.165) is 12.8 Å². The number of hydrogen-bond acceptors (Lipinski definition) is 3. The lowest BCUT2D eigenvalue weighted by atomic mass is 10.0. The second-order valence-electron chi connectivity index (χ2n) is 6.83. The minimum atomic E-state index is -0.609. The predicted molar refractivity (Wildman–Crippen MR) is 104 cm³/mol. The molecule has 0 amide bonds. The van der Waals surface area contributed by atoms with Crippen LogP contribution in [0.3, 0.4) is 0 Å². The summed E-state index contributed by atoms with van der Waals surface area (Å²) in [4.78, 5) is 22.1. The van der Waals surface area contributed by atoms with Crippen molar-refractivity contribution in [3.05, 3.63) is 17.1 Å². The fourth-order valence-electron chi connectivity index (χ4n) is 2.90. The molecule has 3 nitrogen and oxygen atoms in total. The molecule has 0 saturated carbocycles. The Balaban J connectivity index is 3.29. The van der Waals surface area contributed by atoms with E-state index in [9.17, 15) is 9.70 Å². The first-order chi connectivity index (χ1) is 11.8. The Morgan fingerprint density at radius 1 is 0.792 bits per heavy atom. The fraction of sp³-hybridized carbons (Fsp3) is 0.857. The van der Waals surface area contributed by atoms with E-state index in [0.29, 0.717) is 12.8 Å². The van der Waals surface area contributed by atoms with E-state index in [4.69, 9.17) is 0 Å². The molecule has 0 aromatic carbocycles. The van der Waals surface area contributed by atoms with Crippen molar-refractivity contribution < 1.29 is 4.79 Å². The van der Waals surface area contributed by atoms with Gasteiger partial charge in [0.25, 0.3) is 0 Å². The lowest BCUT2D eigenvalue weighted by molar-refractivity contribution is -0.120. The average Bonchev–Trinajstić information content (AvgIpc) is 2.59. The number of rotatable bonds is 18. The lowest BCUT2D eigenvalue weighted by Gasteiger charge is -2.04. The molecule has 0 fully saturated rings. The van der Waals surface area contributed by atoms with Gasteiger partial charge in [-0.05, 0) is 38.5 Å². The molecular weight excluding hydrogens is 298 g/mol. The van der Waals surface area contributed by atoms with Crippen molar-refractivity contribution >= 4 is 5.78 Å². The summed E-state index contributed by atoms with van der Waals surface area (Å²) in [5.74, 6) is 0.0186. The summed E-state index contributed by atoms with van der Waals surface area (Å²) in [6.07, 6.45) is 22.0. The van der Waals surface area contributed by atoms with E-state index >= 15 is 0 Å². The number of hydrogen-bond donors (Lipinski definition) is 0. The highest BCUT2D eigenvalue weighted by atomic mass is 16.3. The van der Waals surface area contributed by atoms with Crippen LogP contribution in [-0.4, -0.2) is 11.8 Å². The van der Waals surface area contributed by atoms with Crippen molar-refractivity contribution in [1.29, 1.82) is 0 Å². The van der Waals surface area contributed by atoms with Crippen molar-refractivity contribution in [2.45, 2.75) is 116 Å². The summed E-state index contributed by atoms with van der Waals surface area (Å²) in [7, 11) is 0. The van der Waals surface area contributed by atoms with Gasteiger partial charge in [0, 0.05) is 6.42 Å². The van der Waals surface area contributed by atoms with Gasteiger partial charge >= 0.3 is 0 Å². The van der Waals surface area contributed by atoms with Crippen LogP contribution in [-0.2, 0) is 4.79 Å². The number of unbranched alkanes of at least 4 members (excludes halogenated alkanes) is 11. The Morgan fingerprint density at radius 3 is 1.79 bits per heavy atom. The van der Waals surface area contributed by atoms with Crippen molar-refractivity contribution in [2.75, 3.05) is 0 Å². The Kier molecular flexibility index (Phi) is 17.6. The van der Waals surface area contributed by atoms with Gasteiger partial charge in [0.05, 0.1) is 0 Å². The minimum absolute atomic E-state index is 0.0186. The van der Waals surface area contributed by atoms with Gasteiger partial charge in [-0.3, -0.25) is 4.79 Å². The normalized spacial score (nSPS) is 12.6. The third kappa shape index (κ3) is 14.6. The van der Waals surface area contributed by atoms with Gasteiger partial charge in [-0.25, -0.2) is 0 Å². The van der Waals surface area contributed by atoms with Crippen LogP contribution in [0.15, 0.2) is 17.3 Å². The van der Waals surface area contributed by atoms with E-state index in [1.807, 2.05) is 6.92 Å². The number of Topliss-reactive ketones (excluding diaryl/α,β-unsaturated/α-hetero) is 1. The average molecular weight is 338 g/mol. The number of nitroso groups, excluding NO2 is 1. The molecule has 0 aliphatic rings. The van der Waals surface area contributed by atoms with Crippen LogP contribution in [0, 0.1) is 4.91 Å². The van der Waals surface area contributed by atoms with Crippen LogP contribution in [0.2, 0.25) is 0 Å². The van der Waals surface area contributed by atoms with Gasteiger partial charge in [-0.15, -0.1) is 0 Å². The first-order valence-corrected chi connectivity index (χ1v) is 10.3. The van der Waals surface area contributed by atoms with Gasteiger partial charge < -0.3 is 0 Å². The molecule has 0 saturated heterocycles. The quantitative estimate of drug-likeness (QED) is 0.152. The smallest absolute Gasteiger partial charge is 0.160 e. The van der Waals surface area contributed by atoms with Crippen LogP contribution in [0.1, 0.15) is 110 Å². The maximum Gasteiger partial charge on any atom is 0.160 e. The van der Waals surface area contributed by atoms with Crippen LogP contribution >= 0.6 is 0 Å². The standard InChI is InChI=1S/C21H39NO2/c1-3-5-6-7-8-9-10-11-12-13-14-15-16-17-18-19-21(23)20(4-2)22-24/h11-12,20H,3-10,13-19H2,1-2H3/b12-11-. The molecule has 1 unspecified atom stereocenters. The number of ketones is 1. The molecule has 0 aliphatic carbocycles. The molecule has 0 bridgehead atoms. The number of nitrogens with zero attached hydrogens (tertiary/aromatic N) is 1. The van der Waals surface area contributed by atoms with Crippen LogP contribution in [0.5, 0.6) is 0 Å². The van der Waals surface area contributed by atoms with Gasteiger partial charge in [-0.2, -0.15) is 4.91 Å². The second-order valence-corrected chi connectivity index (χ2v) is 6.83. The molecular formula is C21H39NO2. The largest absolute Gasteiger partial charge is 0.297 e. The molecule has 140 valence electrons. The van der Waals surface area contributed by atoms with E-state index in [-0.39, 0.29) is 5.78 Å². The molecule has 0 radical (unpaired) electrons. The van der Waals surface area contributed by atoms with Crippen LogP contribution in [0.25, 0.3) is 0 Å². The first kappa shape index (κ1) is 23.0. The van der Waals surface area contributed by atoms with Gasteiger partial charge in [0.1, 0.15) is 6.04 Å². The predicted octanol–water partition coefficient (Wildman–Crippen LogP) is 7.14. The molecule has 3 heteroatoms. The third-order valence-corrected chi connectivity index (χ3v) is 4.57. The molecule has 0 aromatic rings. The highest BCUT2D eigenvalue weighted by Gasteiger charge is 2.15. The highest BCUT2D eigenvalue weighted by Crippen LogP contribution is 2.11. The zero-order chi connectivity index (χ0) is 17.9. The third-order valence-electron chi connectivity index (χ3n) is 4.57. The SMILES string of the molecule is CCCCCCCC/C=C\CCCCCCCC(=O)C(CC)N=O. The zero-order valence-electron chi connectivity index (χ0n) is 16.1. The summed E-state index contributed by atoms with van der Waals surface area (Å²) in [5, 5.41) is 2.89. The second kappa shape index (κ2) is 18.4. The summed E-state index contributed by atoms with van der Waals surface area (Å²) in [6, 6.07) is -0.609. The molecule has 0 N–H and O–H groups in total. The molecule has 0 aliphatic heterocycles. The topological polar surface area (TPSA) is 46.5 Å². The number of carbonyl (C=O) groups excluding carboxylic acids is 1. The van der Waals surface area contributed by atoms with Crippen LogP contribution < -0.4 is 0 Å². The summed E-state index contributed by atoms with van der Waals surface area (Å²) < 4.78 is 0. The van der Waals surface area contributed by atoms with Gasteiger partial charge in [0.15, 0.2) is 5.78 Å². The Morgan fingerprint density at radius 2 is 1.29 bits per heavy atom. The fourth-order valence-corrected chi connectivity index (χ4v) is 2.90. The number of carbonyl (C=O) groups is 1. The monoisotopic (exact) mass is 337 g/mol. The Bertz CT molecular complexity index is 326. The minimum Gasteiger partial charge on any atom is -0.297 e. The first-order valence-electron chi connectivity index (χ1n) is 10.3. The lowest BCUT2D eigenvalue weighted by Crippen LogP contribution is -2.16. The van der Waals surface area contributed by atoms with Gasteiger partial charge in [-0.1, -0.05) is 82.5 Å². The van der Waals surface area contributed by atoms with Gasteiger partial charge in [0.2, 0.25) is 0 Å². The van der Waals surface area contributed by atoms with Crippen molar-refractivity contribution in [1.82, 2.24) is 0 Å². The molecule has 24 heavy (non-hydrogen) atoms. The van der Waals surface area contributed by atoms with E-state index in [1.54, 1.807) is 0 Å². The summed E-state index contributed by atoms with van der Waals surface area (Å²) in [6.45, 7) is 4.10. The molecule has 0 heterocycles. The van der Waals surface area contributed by atoms with E-state index < -0.39 is 6.04 Å². The van der Waals surface area contributed by atoms with Crippen molar-refractivity contribution in [3.63, 3.8) is 0 Å². The maximum atomic E-state index is 11.6. The maximum absolute atomic E-state index is 11.6.